The van der Waals surface area contributed by atoms with Crippen LogP contribution in [0.4, 0.5) is 0 Å². The van der Waals surface area contributed by atoms with E-state index in [0.29, 0.717) is 11.5 Å². The predicted molar refractivity (Wildman–Crippen MR) is 106 cm³/mol. The average molecular weight is 357 g/mol. The van der Waals surface area contributed by atoms with E-state index in [-0.39, 0.29) is 23.0 Å². The van der Waals surface area contributed by atoms with Crippen molar-refractivity contribution in [3.63, 3.8) is 0 Å². The maximum atomic E-state index is 10.9. The lowest BCUT2D eigenvalue weighted by Gasteiger charge is -2.44. The van der Waals surface area contributed by atoms with Crippen LogP contribution >= 0.6 is 0 Å². The number of rotatable bonds is 9. The largest absolute Gasteiger partial charge is 0.413 e. The Balaban J connectivity index is 5.42. The van der Waals surface area contributed by atoms with Gasteiger partial charge in [0.2, 0.25) is 0 Å². The van der Waals surface area contributed by atoms with Crippen molar-refractivity contribution in [1.82, 2.24) is 0 Å². The highest BCUT2D eigenvalue weighted by Gasteiger charge is 2.42. The Kier molecular flexibility index (Phi) is 9.13. The Morgan fingerprint density at radius 1 is 1.21 bits per heavy atom. The molecule has 0 aliphatic carbocycles. The van der Waals surface area contributed by atoms with E-state index < -0.39 is 14.4 Å². The molecular formula is C20H40O3Si. The zero-order valence-corrected chi connectivity index (χ0v) is 18.5. The molecule has 0 aromatic rings. The van der Waals surface area contributed by atoms with Crippen LogP contribution in [-0.4, -0.2) is 31.9 Å². The van der Waals surface area contributed by atoms with E-state index in [1.165, 1.54) is 0 Å². The highest BCUT2D eigenvalue weighted by atomic mass is 28.4. The first kappa shape index (κ1) is 23.5. The van der Waals surface area contributed by atoms with E-state index in [1.54, 1.807) is 6.92 Å². The number of allylic oxidation sites excluding steroid dienone is 1. The molecule has 0 fully saturated rings. The van der Waals surface area contributed by atoms with Gasteiger partial charge < -0.3 is 9.53 Å². The van der Waals surface area contributed by atoms with Gasteiger partial charge in [0.05, 0.1) is 12.2 Å². The summed E-state index contributed by atoms with van der Waals surface area (Å²) in [5.74, 6) is 0.326. The highest BCUT2D eigenvalue weighted by Crippen LogP contribution is 2.40. The molecule has 1 N–H and O–H groups in total. The molecule has 0 saturated heterocycles. The van der Waals surface area contributed by atoms with Crippen LogP contribution < -0.4 is 0 Å². The maximum Gasteiger partial charge on any atom is 0.192 e. The minimum atomic E-state index is -1.91. The average Bonchev–Trinajstić information content (AvgIpc) is 2.48. The third-order valence-corrected chi connectivity index (χ3v) is 10.2. The standard InChI is InChI=1S/C20H40O3Si/c1-11-15(3)19(23-24(9,10)20(6,7)8)17(5)18(22)16(4)12-14(2)13-21/h12-13,15-19,22H,11H2,1-10H3/b14-12+/t15-,16+,17+,18-,19+/m0/s1. The summed E-state index contributed by atoms with van der Waals surface area (Å²) in [6.45, 7) is 21.5. The number of hydrogen-bond donors (Lipinski definition) is 1. The zero-order chi connectivity index (χ0) is 19.3. The maximum absolute atomic E-state index is 10.9. The van der Waals surface area contributed by atoms with Gasteiger partial charge in [-0.15, -0.1) is 0 Å². The minimum absolute atomic E-state index is 0.0137. The van der Waals surface area contributed by atoms with Gasteiger partial charge in [0, 0.05) is 11.8 Å². The van der Waals surface area contributed by atoms with E-state index in [1.807, 2.05) is 13.0 Å². The molecule has 4 heteroatoms. The Morgan fingerprint density at radius 3 is 2.08 bits per heavy atom. The van der Waals surface area contributed by atoms with Gasteiger partial charge in [-0.2, -0.15) is 0 Å². The van der Waals surface area contributed by atoms with Gasteiger partial charge in [-0.25, -0.2) is 0 Å². The summed E-state index contributed by atoms with van der Waals surface area (Å²) < 4.78 is 6.71. The van der Waals surface area contributed by atoms with Crippen molar-refractivity contribution in [2.24, 2.45) is 17.8 Å². The van der Waals surface area contributed by atoms with Gasteiger partial charge >= 0.3 is 0 Å². The van der Waals surface area contributed by atoms with Crippen LogP contribution in [0.1, 0.15) is 61.8 Å². The number of aliphatic hydroxyl groups is 1. The second-order valence-corrected chi connectivity index (χ2v) is 13.7. The Morgan fingerprint density at radius 2 is 1.71 bits per heavy atom. The molecule has 0 heterocycles. The zero-order valence-electron chi connectivity index (χ0n) is 17.5. The molecule has 0 amide bonds. The van der Waals surface area contributed by atoms with Crippen LogP contribution in [-0.2, 0) is 9.22 Å². The molecule has 0 radical (unpaired) electrons. The summed E-state index contributed by atoms with van der Waals surface area (Å²) in [5, 5.41) is 11.0. The first-order chi connectivity index (χ1) is 10.8. The molecule has 0 saturated carbocycles. The summed E-state index contributed by atoms with van der Waals surface area (Å²) in [6.07, 6.45) is 3.22. The van der Waals surface area contributed by atoms with E-state index in [4.69, 9.17) is 4.43 Å². The molecule has 24 heavy (non-hydrogen) atoms. The fourth-order valence-electron chi connectivity index (χ4n) is 2.72. The molecule has 3 nitrogen and oxygen atoms in total. The summed E-state index contributed by atoms with van der Waals surface area (Å²) in [7, 11) is -1.91. The van der Waals surface area contributed by atoms with Crippen molar-refractivity contribution in [3.8, 4) is 0 Å². The van der Waals surface area contributed by atoms with E-state index >= 15 is 0 Å². The summed E-state index contributed by atoms with van der Waals surface area (Å²) in [5.41, 5.74) is 0.666. The fourth-order valence-corrected chi connectivity index (χ4v) is 4.20. The molecule has 0 aliphatic heterocycles. The van der Waals surface area contributed by atoms with Gasteiger partial charge in [0.25, 0.3) is 0 Å². The lowest BCUT2D eigenvalue weighted by molar-refractivity contribution is -0.104. The molecule has 0 aliphatic rings. The molecule has 0 spiro atoms. The Hall–Kier alpha value is -0.453. The number of carbonyl (C=O) groups is 1. The third-order valence-electron chi connectivity index (χ3n) is 5.75. The lowest BCUT2D eigenvalue weighted by atomic mass is 9.83. The number of hydrogen-bond acceptors (Lipinski definition) is 3. The quantitative estimate of drug-likeness (QED) is 0.351. The first-order valence-corrected chi connectivity index (χ1v) is 12.2. The van der Waals surface area contributed by atoms with Crippen molar-refractivity contribution in [3.05, 3.63) is 11.6 Å². The number of aldehydes is 1. The van der Waals surface area contributed by atoms with Crippen molar-refractivity contribution in [1.29, 1.82) is 0 Å². The molecule has 0 aromatic carbocycles. The normalized spacial score (nSPS) is 20.2. The first-order valence-electron chi connectivity index (χ1n) is 9.28. The van der Waals surface area contributed by atoms with Crippen molar-refractivity contribution >= 4 is 14.6 Å². The minimum Gasteiger partial charge on any atom is -0.413 e. The predicted octanol–water partition coefficient (Wildman–Crippen LogP) is 5.20. The molecular weight excluding hydrogens is 316 g/mol. The molecule has 142 valence electrons. The van der Waals surface area contributed by atoms with Crippen LogP contribution in [0.5, 0.6) is 0 Å². The topological polar surface area (TPSA) is 46.5 Å². The molecule has 0 aromatic heterocycles. The Bertz CT molecular complexity index is 423. The second kappa shape index (κ2) is 9.30. The summed E-state index contributed by atoms with van der Waals surface area (Å²) in [4.78, 5) is 10.9. The lowest BCUT2D eigenvalue weighted by Crippen LogP contribution is -2.49. The summed E-state index contributed by atoms with van der Waals surface area (Å²) in [6, 6.07) is 0. The van der Waals surface area contributed by atoms with Gasteiger partial charge in [-0.1, -0.05) is 61.0 Å². The third kappa shape index (κ3) is 6.45. The van der Waals surface area contributed by atoms with Crippen LogP contribution in [0.3, 0.4) is 0 Å². The SMILES string of the molecule is CC[C@H](C)[C@@H](O[Si](C)(C)C(C)(C)C)[C@H](C)[C@@H](O)[C@H](C)/C=C(\C)C=O. The monoisotopic (exact) mass is 356 g/mol. The molecule has 0 unspecified atom stereocenters. The van der Waals surface area contributed by atoms with Crippen LogP contribution in [0.25, 0.3) is 0 Å². The molecule has 0 rings (SSSR count). The Labute approximate surface area is 151 Å². The van der Waals surface area contributed by atoms with Gasteiger partial charge in [-0.05, 0) is 36.5 Å². The van der Waals surface area contributed by atoms with Crippen LogP contribution in [0.2, 0.25) is 18.1 Å². The second-order valence-electron chi connectivity index (χ2n) is 8.97. The number of aliphatic hydroxyl groups excluding tert-OH is 1. The molecule has 0 bridgehead atoms. The number of carbonyl (C=O) groups excluding carboxylic acids is 1. The van der Waals surface area contributed by atoms with Gasteiger partial charge in [0.1, 0.15) is 6.29 Å². The smallest absolute Gasteiger partial charge is 0.192 e. The highest BCUT2D eigenvalue weighted by molar-refractivity contribution is 6.74. The van der Waals surface area contributed by atoms with Gasteiger partial charge in [0.15, 0.2) is 8.32 Å². The van der Waals surface area contributed by atoms with Crippen molar-refractivity contribution < 1.29 is 14.3 Å². The van der Waals surface area contributed by atoms with Crippen LogP contribution in [0.15, 0.2) is 11.6 Å². The van der Waals surface area contributed by atoms with E-state index in [9.17, 15) is 9.90 Å². The van der Waals surface area contributed by atoms with Gasteiger partial charge in [-0.3, -0.25) is 4.79 Å². The summed E-state index contributed by atoms with van der Waals surface area (Å²) >= 11 is 0. The van der Waals surface area contributed by atoms with E-state index in [0.717, 1.165) is 12.7 Å². The van der Waals surface area contributed by atoms with E-state index in [2.05, 4.69) is 54.6 Å². The molecule has 5 atom stereocenters. The van der Waals surface area contributed by atoms with Crippen LogP contribution in [0, 0.1) is 17.8 Å². The van der Waals surface area contributed by atoms with Crippen molar-refractivity contribution in [2.45, 2.75) is 92.2 Å². The fraction of sp³-hybridized carbons (Fsp3) is 0.850. The van der Waals surface area contributed by atoms with Crippen molar-refractivity contribution in [2.75, 3.05) is 0 Å².